The van der Waals surface area contributed by atoms with Gasteiger partial charge in [-0.25, -0.2) is 0 Å². The molecule has 2 aliphatic heterocycles. The van der Waals surface area contributed by atoms with Gasteiger partial charge in [0.25, 0.3) is 0 Å². The van der Waals surface area contributed by atoms with E-state index in [9.17, 15) is 14.4 Å². The number of benzene rings is 1. The van der Waals surface area contributed by atoms with E-state index in [1.54, 1.807) is 17.9 Å². The molecular formula is C34H46N4O4. The number of carbonyl (C=O) groups excluding carboxylic acids is 3. The maximum absolute atomic E-state index is 14.3. The standard InChI is InChI=1S/C34H46N4O4/c1-4-42-31(41)34(22-26-13-7-5-8-14-26)19-12-20-38(25-34)30(40)28(37-29(39)15-11-16-32(2,3)35)21-27-23-36-24-33(27)17-9-6-10-18-33/h5-11,13-15,17,23,28,36H,4,12,16,18-22,24-25,35H2,1-3H3,(H,37,39)/b15-11+/t28-,33?,34+/m1/s1. The Bertz CT molecular complexity index is 1250. The van der Waals surface area contributed by atoms with Crippen LogP contribution in [0, 0.1) is 10.8 Å². The summed E-state index contributed by atoms with van der Waals surface area (Å²) in [5.74, 6) is -0.800. The number of hydrogen-bond acceptors (Lipinski definition) is 6. The Balaban J connectivity index is 1.58. The van der Waals surface area contributed by atoms with Gasteiger partial charge in [-0.1, -0.05) is 60.7 Å². The molecule has 4 N–H and O–H groups in total. The highest BCUT2D eigenvalue weighted by molar-refractivity contribution is 5.93. The van der Waals surface area contributed by atoms with Gasteiger partial charge in [0.2, 0.25) is 11.8 Å². The van der Waals surface area contributed by atoms with E-state index in [0.29, 0.717) is 38.6 Å². The number of piperidine rings is 1. The number of carbonyl (C=O) groups is 3. The zero-order chi connectivity index (χ0) is 30.2. The van der Waals surface area contributed by atoms with Crippen LogP contribution < -0.4 is 16.4 Å². The van der Waals surface area contributed by atoms with Gasteiger partial charge in [-0.2, -0.15) is 0 Å². The van der Waals surface area contributed by atoms with Gasteiger partial charge in [0, 0.05) is 37.0 Å². The number of nitrogens with two attached hydrogens (primary N) is 1. The minimum absolute atomic E-state index is 0.185. The second-order valence-electron chi connectivity index (χ2n) is 12.6. The minimum Gasteiger partial charge on any atom is -0.466 e. The Hall–Kier alpha value is -3.65. The molecule has 8 heteroatoms. The zero-order valence-electron chi connectivity index (χ0n) is 25.2. The molecule has 1 fully saturated rings. The van der Waals surface area contributed by atoms with Crippen molar-refractivity contribution in [1.82, 2.24) is 15.5 Å². The van der Waals surface area contributed by atoms with Crippen molar-refractivity contribution in [2.75, 3.05) is 26.2 Å². The minimum atomic E-state index is -0.848. The second-order valence-corrected chi connectivity index (χ2v) is 12.6. The van der Waals surface area contributed by atoms with Gasteiger partial charge < -0.3 is 26.0 Å². The van der Waals surface area contributed by atoms with Crippen molar-refractivity contribution in [2.24, 2.45) is 16.6 Å². The highest BCUT2D eigenvalue weighted by Crippen LogP contribution is 2.41. The molecule has 0 radical (unpaired) electrons. The fourth-order valence-electron chi connectivity index (χ4n) is 6.21. The quantitative estimate of drug-likeness (QED) is 0.273. The zero-order valence-corrected chi connectivity index (χ0v) is 25.2. The third-order valence-corrected chi connectivity index (χ3v) is 8.41. The number of nitrogens with one attached hydrogen (secondary N) is 2. The molecule has 42 heavy (non-hydrogen) atoms. The summed E-state index contributed by atoms with van der Waals surface area (Å²) in [6.45, 7) is 7.38. The van der Waals surface area contributed by atoms with Crippen molar-refractivity contribution >= 4 is 17.8 Å². The van der Waals surface area contributed by atoms with Crippen molar-refractivity contribution in [3.63, 3.8) is 0 Å². The predicted octanol–water partition coefficient (Wildman–Crippen LogP) is 3.95. The molecule has 1 spiro atoms. The molecule has 1 unspecified atom stereocenters. The van der Waals surface area contributed by atoms with Crippen LogP contribution in [0.2, 0.25) is 0 Å². The molecule has 1 aliphatic carbocycles. The topological polar surface area (TPSA) is 114 Å². The third kappa shape index (κ3) is 7.79. The maximum atomic E-state index is 14.3. The molecule has 2 amide bonds. The van der Waals surface area contributed by atoms with E-state index in [0.717, 1.165) is 24.1 Å². The molecule has 2 heterocycles. The Labute approximate surface area is 250 Å². The van der Waals surface area contributed by atoms with Crippen LogP contribution in [0.1, 0.15) is 58.4 Å². The lowest BCUT2D eigenvalue weighted by molar-refractivity contribution is -0.161. The number of hydrogen-bond donors (Lipinski definition) is 3. The van der Waals surface area contributed by atoms with Crippen LogP contribution in [0.5, 0.6) is 0 Å². The highest BCUT2D eigenvalue weighted by Gasteiger charge is 2.46. The molecule has 1 aromatic carbocycles. The van der Waals surface area contributed by atoms with Crippen LogP contribution in [0.4, 0.5) is 0 Å². The monoisotopic (exact) mass is 574 g/mol. The molecule has 4 rings (SSSR count). The van der Waals surface area contributed by atoms with Gasteiger partial charge in [0.15, 0.2) is 0 Å². The van der Waals surface area contributed by atoms with Crippen molar-refractivity contribution < 1.29 is 19.1 Å². The molecule has 226 valence electrons. The van der Waals surface area contributed by atoms with Gasteiger partial charge >= 0.3 is 5.97 Å². The first-order chi connectivity index (χ1) is 20.1. The first-order valence-corrected chi connectivity index (χ1v) is 15.1. The average Bonchev–Trinajstić information content (AvgIpc) is 3.33. The molecule has 3 atom stereocenters. The number of ether oxygens (including phenoxy) is 1. The van der Waals surface area contributed by atoms with Gasteiger partial charge in [-0.15, -0.1) is 0 Å². The number of amides is 2. The molecule has 1 saturated heterocycles. The summed E-state index contributed by atoms with van der Waals surface area (Å²) in [6, 6.07) is 9.09. The van der Waals surface area contributed by atoms with Crippen LogP contribution >= 0.6 is 0 Å². The maximum Gasteiger partial charge on any atom is 0.314 e. The summed E-state index contributed by atoms with van der Waals surface area (Å²) in [6.07, 6.45) is 17.1. The lowest BCUT2D eigenvalue weighted by Gasteiger charge is -2.42. The molecule has 0 saturated carbocycles. The second kappa shape index (κ2) is 13.6. The van der Waals surface area contributed by atoms with Gasteiger partial charge in [-0.05, 0) is 76.3 Å². The Kier molecular flexibility index (Phi) is 10.1. The first kappa shape index (κ1) is 31.3. The number of rotatable bonds is 11. The number of allylic oxidation sites excluding steroid dienone is 3. The lowest BCUT2D eigenvalue weighted by Crippen LogP contribution is -2.56. The average molecular weight is 575 g/mol. The van der Waals surface area contributed by atoms with Crippen LogP contribution in [0.3, 0.4) is 0 Å². The van der Waals surface area contributed by atoms with Crippen LogP contribution in [0.25, 0.3) is 0 Å². The van der Waals surface area contributed by atoms with Crippen molar-refractivity contribution in [3.05, 3.63) is 84.1 Å². The summed E-state index contributed by atoms with van der Waals surface area (Å²) >= 11 is 0. The van der Waals surface area contributed by atoms with Crippen LogP contribution in [-0.2, 0) is 25.5 Å². The molecule has 8 nitrogen and oxygen atoms in total. The third-order valence-electron chi connectivity index (χ3n) is 8.41. The SMILES string of the molecule is CCOC(=O)[C@]1(Cc2ccccc2)CCCN(C(=O)[C@@H](CC2=CNCC23C=CC=CC3)NC(=O)/C=C/CC(C)(C)N)C1. The van der Waals surface area contributed by atoms with Crippen molar-refractivity contribution in [2.45, 2.75) is 70.9 Å². The van der Waals surface area contributed by atoms with Gasteiger partial charge in [-0.3, -0.25) is 14.4 Å². The van der Waals surface area contributed by atoms with Crippen LogP contribution in [-0.4, -0.2) is 60.5 Å². The number of esters is 1. The fraction of sp³-hybridized carbons (Fsp3) is 0.500. The smallest absolute Gasteiger partial charge is 0.314 e. The largest absolute Gasteiger partial charge is 0.466 e. The van der Waals surface area contributed by atoms with E-state index in [1.807, 2.05) is 62.5 Å². The Morgan fingerprint density at radius 3 is 2.69 bits per heavy atom. The van der Waals surface area contributed by atoms with E-state index in [2.05, 4.69) is 22.8 Å². The fourth-order valence-corrected chi connectivity index (χ4v) is 6.21. The predicted molar refractivity (Wildman–Crippen MR) is 165 cm³/mol. The normalized spacial score (nSPS) is 24.4. The Morgan fingerprint density at radius 1 is 1.21 bits per heavy atom. The molecular weight excluding hydrogens is 528 g/mol. The van der Waals surface area contributed by atoms with Gasteiger partial charge in [0.05, 0.1) is 12.0 Å². The molecule has 3 aliphatic rings. The van der Waals surface area contributed by atoms with Gasteiger partial charge in [0.1, 0.15) is 6.04 Å². The Morgan fingerprint density at radius 2 is 2.00 bits per heavy atom. The van der Waals surface area contributed by atoms with Crippen molar-refractivity contribution in [3.8, 4) is 0 Å². The summed E-state index contributed by atoms with van der Waals surface area (Å²) in [4.78, 5) is 42.6. The lowest BCUT2D eigenvalue weighted by atomic mass is 9.74. The van der Waals surface area contributed by atoms with E-state index < -0.39 is 17.0 Å². The summed E-state index contributed by atoms with van der Waals surface area (Å²) in [5.41, 5.74) is 6.67. The summed E-state index contributed by atoms with van der Waals surface area (Å²) in [5, 5.41) is 6.35. The van der Waals surface area contributed by atoms with Crippen molar-refractivity contribution in [1.29, 1.82) is 0 Å². The number of nitrogens with zero attached hydrogens (tertiary/aromatic N) is 1. The first-order valence-electron chi connectivity index (χ1n) is 15.1. The summed E-state index contributed by atoms with van der Waals surface area (Å²) < 4.78 is 5.57. The van der Waals surface area contributed by atoms with Crippen LogP contribution in [0.15, 0.2) is 78.6 Å². The molecule has 0 aromatic heterocycles. The highest BCUT2D eigenvalue weighted by atomic mass is 16.5. The number of likely N-dealkylation sites (tertiary alicyclic amines) is 1. The molecule has 0 bridgehead atoms. The van der Waals surface area contributed by atoms with E-state index in [4.69, 9.17) is 10.5 Å². The van der Waals surface area contributed by atoms with E-state index in [-0.39, 0.29) is 36.4 Å². The van der Waals surface area contributed by atoms with E-state index >= 15 is 0 Å². The van der Waals surface area contributed by atoms with E-state index in [1.165, 1.54) is 6.08 Å². The molecule has 1 aromatic rings. The summed E-state index contributed by atoms with van der Waals surface area (Å²) in [7, 11) is 0.